The van der Waals surface area contributed by atoms with Gasteiger partial charge in [0.1, 0.15) is 17.5 Å². The van der Waals surface area contributed by atoms with Gasteiger partial charge in [-0.2, -0.15) is 0 Å². The van der Waals surface area contributed by atoms with Crippen molar-refractivity contribution in [3.8, 4) is 11.5 Å². The number of rotatable bonds is 6. The number of ether oxygens (including phenoxy) is 3. The van der Waals surface area contributed by atoms with Crippen LogP contribution in [0, 0.1) is 5.92 Å². The van der Waals surface area contributed by atoms with Gasteiger partial charge in [0.2, 0.25) is 0 Å². The van der Waals surface area contributed by atoms with Gasteiger partial charge in [0.15, 0.2) is 0 Å². The second-order valence-electron chi connectivity index (χ2n) is 4.55. The number of hydrogen-bond acceptors (Lipinski definition) is 5. The van der Waals surface area contributed by atoms with E-state index in [9.17, 15) is 4.79 Å². The maximum absolute atomic E-state index is 11.8. The normalized spacial score (nSPS) is 15.5. The van der Waals surface area contributed by atoms with Crippen LogP contribution in [0.15, 0.2) is 18.2 Å². The lowest BCUT2D eigenvalue weighted by Gasteiger charge is -2.19. The molecule has 0 spiro atoms. The third kappa shape index (κ3) is 3.10. The molecule has 1 aromatic rings. The molecule has 2 rings (SSSR count). The summed E-state index contributed by atoms with van der Waals surface area (Å²) in [7, 11) is 4.60. The fourth-order valence-corrected chi connectivity index (χ4v) is 2.01. The smallest absolute Gasteiger partial charge is 0.328 e. The summed E-state index contributed by atoms with van der Waals surface area (Å²) in [6.07, 6.45) is 2.09. The molecule has 0 aliphatic heterocycles. The minimum absolute atomic E-state index is 0.236. The van der Waals surface area contributed by atoms with E-state index in [0.717, 1.165) is 18.5 Å². The van der Waals surface area contributed by atoms with E-state index < -0.39 is 0 Å². The molecule has 1 atom stereocenters. The number of carbonyl (C=O) groups is 1. The minimum atomic E-state index is -0.313. The molecule has 104 valence electrons. The third-order valence-corrected chi connectivity index (χ3v) is 3.27. The molecule has 0 heterocycles. The minimum Gasteiger partial charge on any atom is -0.497 e. The van der Waals surface area contributed by atoms with E-state index in [1.807, 2.05) is 12.1 Å². The van der Waals surface area contributed by atoms with E-state index in [2.05, 4.69) is 5.32 Å². The fraction of sp³-hybridized carbons (Fsp3) is 0.500. The highest BCUT2D eigenvalue weighted by molar-refractivity contribution is 5.81. The molecular formula is C14H19NO4. The van der Waals surface area contributed by atoms with E-state index in [1.54, 1.807) is 20.3 Å². The number of anilines is 1. The van der Waals surface area contributed by atoms with Crippen molar-refractivity contribution in [3.05, 3.63) is 18.2 Å². The molecule has 5 heteroatoms. The Kier molecular flexibility index (Phi) is 4.14. The van der Waals surface area contributed by atoms with Crippen LogP contribution < -0.4 is 14.8 Å². The van der Waals surface area contributed by atoms with Crippen LogP contribution in [0.4, 0.5) is 5.69 Å². The maximum Gasteiger partial charge on any atom is 0.328 e. The zero-order valence-electron chi connectivity index (χ0n) is 11.4. The molecular weight excluding hydrogens is 246 g/mol. The zero-order chi connectivity index (χ0) is 13.8. The number of methoxy groups -OCH3 is 3. The lowest BCUT2D eigenvalue weighted by molar-refractivity contribution is -0.142. The van der Waals surface area contributed by atoms with Crippen LogP contribution in [0.1, 0.15) is 12.8 Å². The SMILES string of the molecule is COC(=O)C(Nc1ccc(OC)cc1OC)C1CC1. The molecule has 0 aromatic heterocycles. The average Bonchev–Trinajstić information content (AvgIpc) is 3.28. The van der Waals surface area contributed by atoms with Crippen molar-refractivity contribution in [2.24, 2.45) is 5.92 Å². The number of hydrogen-bond donors (Lipinski definition) is 1. The predicted molar refractivity (Wildman–Crippen MR) is 71.7 cm³/mol. The van der Waals surface area contributed by atoms with E-state index >= 15 is 0 Å². The van der Waals surface area contributed by atoms with Crippen LogP contribution in [0.5, 0.6) is 11.5 Å². The molecule has 19 heavy (non-hydrogen) atoms. The molecule has 1 aliphatic rings. The predicted octanol–water partition coefficient (Wildman–Crippen LogP) is 2.07. The van der Waals surface area contributed by atoms with Crippen LogP contribution >= 0.6 is 0 Å². The van der Waals surface area contributed by atoms with Crippen molar-refractivity contribution in [1.29, 1.82) is 0 Å². The van der Waals surface area contributed by atoms with Crippen molar-refractivity contribution in [3.63, 3.8) is 0 Å². The largest absolute Gasteiger partial charge is 0.497 e. The average molecular weight is 265 g/mol. The molecule has 0 amide bonds. The Morgan fingerprint density at radius 2 is 2.00 bits per heavy atom. The molecule has 0 saturated heterocycles. The van der Waals surface area contributed by atoms with Crippen LogP contribution in [0.25, 0.3) is 0 Å². The lowest BCUT2D eigenvalue weighted by Crippen LogP contribution is -2.32. The molecule has 0 radical (unpaired) electrons. The first kappa shape index (κ1) is 13.5. The Hall–Kier alpha value is -1.91. The van der Waals surface area contributed by atoms with Crippen molar-refractivity contribution in [2.75, 3.05) is 26.6 Å². The Balaban J connectivity index is 2.18. The Bertz CT molecular complexity index is 457. The summed E-state index contributed by atoms with van der Waals surface area (Å²) >= 11 is 0. The summed E-state index contributed by atoms with van der Waals surface area (Å²) < 4.78 is 15.3. The van der Waals surface area contributed by atoms with Crippen molar-refractivity contribution < 1.29 is 19.0 Å². The number of nitrogens with one attached hydrogen (secondary N) is 1. The fourth-order valence-electron chi connectivity index (χ4n) is 2.01. The van der Waals surface area contributed by atoms with Gasteiger partial charge in [-0.1, -0.05) is 0 Å². The zero-order valence-corrected chi connectivity index (χ0v) is 11.4. The van der Waals surface area contributed by atoms with Gasteiger partial charge < -0.3 is 19.5 Å². The highest BCUT2D eigenvalue weighted by Crippen LogP contribution is 2.37. The Labute approximate surface area is 112 Å². The van der Waals surface area contributed by atoms with Crippen molar-refractivity contribution in [1.82, 2.24) is 0 Å². The number of benzene rings is 1. The summed E-state index contributed by atoms with van der Waals surface area (Å²) in [6.45, 7) is 0. The van der Waals surface area contributed by atoms with Gasteiger partial charge in [-0.3, -0.25) is 0 Å². The van der Waals surface area contributed by atoms with Gasteiger partial charge in [-0.15, -0.1) is 0 Å². The topological polar surface area (TPSA) is 56.8 Å². The van der Waals surface area contributed by atoms with Crippen LogP contribution in [-0.4, -0.2) is 33.3 Å². The van der Waals surface area contributed by atoms with E-state index in [-0.39, 0.29) is 12.0 Å². The highest BCUT2D eigenvalue weighted by Gasteiger charge is 2.37. The van der Waals surface area contributed by atoms with Gasteiger partial charge in [0.25, 0.3) is 0 Å². The summed E-state index contributed by atoms with van der Waals surface area (Å²) in [4.78, 5) is 11.8. The van der Waals surface area contributed by atoms with E-state index in [4.69, 9.17) is 14.2 Å². The number of esters is 1. The van der Waals surface area contributed by atoms with Crippen molar-refractivity contribution >= 4 is 11.7 Å². The highest BCUT2D eigenvalue weighted by atomic mass is 16.5. The van der Waals surface area contributed by atoms with Crippen LogP contribution in [0.3, 0.4) is 0 Å². The van der Waals surface area contributed by atoms with Crippen molar-refractivity contribution in [2.45, 2.75) is 18.9 Å². The standard InChI is InChI=1S/C14H19NO4/c1-17-10-6-7-11(12(8-10)18-2)15-13(9-4-5-9)14(16)19-3/h6-9,13,15H,4-5H2,1-3H3. The summed E-state index contributed by atoms with van der Waals surface area (Å²) in [5, 5.41) is 3.21. The molecule has 1 unspecified atom stereocenters. The maximum atomic E-state index is 11.8. The first-order valence-corrected chi connectivity index (χ1v) is 6.26. The molecule has 1 aromatic carbocycles. The third-order valence-electron chi connectivity index (χ3n) is 3.27. The molecule has 1 aliphatic carbocycles. The van der Waals surface area contributed by atoms with Gasteiger partial charge in [0.05, 0.1) is 27.0 Å². The van der Waals surface area contributed by atoms with Gasteiger partial charge in [0, 0.05) is 6.07 Å². The van der Waals surface area contributed by atoms with Gasteiger partial charge in [-0.05, 0) is 30.9 Å². The summed E-state index contributed by atoms with van der Waals surface area (Å²) in [5.74, 6) is 1.47. The van der Waals surface area contributed by atoms with Gasteiger partial charge >= 0.3 is 5.97 Å². The summed E-state index contributed by atoms with van der Waals surface area (Å²) in [6, 6.07) is 5.14. The quantitative estimate of drug-likeness (QED) is 0.798. The first-order valence-electron chi connectivity index (χ1n) is 6.26. The molecule has 0 bridgehead atoms. The molecule has 1 fully saturated rings. The molecule has 1 N–H and O–H groups in total. The monoisotopic (exact) mass is 265 g/mol. The first-order chi connectivity index (χ1) is 9.19. The van der Waals surface area contributed by atoms with Crippen LogP contribution in [-0.2, 0) is 9.53 Å². The Morgan fingerprint density at radius 1 is 1.26 bits per heavy atom. The van der Waals surface area contributed by atoms with Crippen LogP contribution in [0.2, 0.25) is 0 Å². The molecule has 5 nitrogen and oxygen atoms in total. The second kappa shape index (κ2) is 5.82. The second-order valence-corrected chi connectivity index (χ2v) is 4.55. The number of carbonyl (C=O) groups excluding carboxylic acids is 1. The van der Waals surface area contributed by atoms with E-state index in [0.29, 0.717) is 17.4 Å². The molecule has 1 saturated carbocycles. The lowest BCUT2D eigenvalue weighted by atomic mass is 10.1. The van der Waals surface area contributed by atoms with Gasteiger partial charge in [-0.25, -0.2) is 4.79 Å². The van der Waals surface area contributed by atoms with E-state index in [1.165, 1.54) is 7.11 Å². The summed E-state index contributed by atoms with van der Waals surface area (Å²) in [5.41, 5.74) is 0.769. The Morgan fingerprint density at radius 3 is 2.53 bits per heavy atom.